The highest BCUT2D eigenvalue weighted by atomic mass is 32.2. The number of anilines is 1. The minimum atomic E-state index is -4.94. The van der Waals surface area contributed by atoms with Gasteiger partial charge in [-0.05, 0) is 24.3 Å². The fraction of sp³-hybridized carbons (Fsp3) is 0.0769. The molecule has 0 aliphatic heterocycles. The Balaban J connectivity index is 2.29. The average molecular weight is 353 g/mol. The maximum Gasteiger partial charge on any atom is 0.573 e. The van der Waals surface area contributed by atoms with Gasteiger partial charge in [0.25, 0.3) is 10.0 Å². The molecule has 4 nitrogen and oxygen atoms in total. The first-order valence-corrected chi connectivity index (χ1v) is 7.39. The summed E-state index contributed by atoms with van der Waals surface area (Å²) in [6.45, 7) is 0. The number of rotatable bonds is 4. The lowest BCUT2D eigenvalue weighted by Crippen LogP contribution is -2.18. The Morgan fingerprint density at radius 1 is 1.00 bits per heavy atom. The van der Waals surface area contributed by atoms with E-state index in [0.29, 0.717) is 12.1 Å². The predicted molar refractivity (Wildman–Crippen MR) is 70.3 cm³/mol. The molecule has 10 heteroatoms. The molecule has 0 saturated carbocycles. The topological polar surface area (TPSA) is 55.4 Å². The van der Waals surface area contributed by atoms with E-state index in [1.165, 1.54) is 0 Å². The van der Waals surface area contributed by atoms with E-state index in [4.69, 9.17) is 0 Å². The van der Waals surface area contributed by atoms with E-state index in [2.05, 4.69) is 4.74 Å². The van der Waals surface area contributed by atoms with Crippen molar-refractivity contribution in [2.45, 2.75) is 11.3 Å². The summed E-state index contributed by atoms with van der Waals surface area (Å²) in [7, 11) is -4.45. The van der Waals surface area contributed by atoms with Crippen molar-refractivity contribution in [1.82, 2.24) is 0 Å². The lowest BCUT2D eigenvalue weighted by molar-refractivity contribution is -0.274. The van der Waals surface area contributed by atoms with E-state index in [1.807, 2.05) is 4.72 Å². The summed E-state index contributed by atoms with van der Waals surface area (Å²) in [4.78, 5) is -0.846. The molecule has 0 heterocycles. The van der Waals surface area contributed by atoms with Crippen molar-refractivity contribution >= 4 is 15.7 Å². The number of halogens is 5. The van der Waals surface area contributed by atoms with Crippen molar-refractivity contribution in [2.24, 2.45) is 0 Å². The Bertz CT molecular complexity index is 821. The van der Waals surface area contributed by atoms with Gasteiger partial charge in [0, 0.05) is 12.1 Å². The van der Waals surface area contributed by atoms with Crippen LogP contribution in [0.4, 0.5) is 27.6 Å². The van der Waals surface area contributed by atoms with Crippen LogP contribution in [0.3, 0.4) is 0 Å². The van der Waals surface area contributed by atoms with Crippen molar-refractivity contribution < 1.29 is 35.1 Å². The number of nitrogens with one attached hydrogen (secondary N) is 1. The highest BCUT2D eigenvalue weighted by Gasteiger charge is 2.31. The summed E-state index contributed by atoms with van der Waals surface area (Å²) in [5, 5.41) is 0. The van der Waals surface area contributed by atoms with Crippen LogP contribution < -0.4 is 9.46 Å². The number of hydrogen-bond acceptors (Lipinski definition) is 3. The molecule has 124 valence electrons. The van der Waals surface area contributed by atoms with Gasteiger partial charge in [-0.15, -0.1) is 13.2 Å². The van der Waals surface area contributed by atoms with Crippen LogP contribution in [0.15, 0.2) is 47.4 Å². The maximum absolute atomic E-state index is 13.5. The van der Waals surface area contributed by atoms with Gasteiger partial charge in [0.05, 0.1) is 5.69 Å². The lowest BCUT2D eigenvalue weighted by atomic mass is 10.3. The van der Waals surface area contributed by atoms with Crippen molar-refractivity contribution in [3.8, 4) is 5.75 Å². The van der Waals surface area contributed by atoms with E-state index in [1.54, 1.807) is 0 Å². The zero-order valence-corrected chi connectivity index (χ0v) is 11.9. The molecule has 0 saturated heterocycles. The first kappa shape index (κ1) is 17.0. The van der Waals surface area contributed by atoms with Gasteiger partial charge >= 0.3 is 6.36 Å². The van der Waals surface area contributed by atoms with E-state index in [-0.39, 0.29) is 5.69 Å². The number of hydrogen-bond donors (Lipinski definition) is 1. The van der Waals surface area contributed by atoms with Gasteiger partial charge in [-0.3, -0.25) is 4.72 Å². The Hall–Kier alpha value is -2.36. The van der Waals surface area contributed by atoms with Crippen molar-refractivity contribution in [2.75, 3.05) is 4.72 Å². The molecule has 23 heavy (non-hydrogen) atoms. The Kier molecular flexibility index (Phi) is 4.46. The molecule has 0 fully saturated rings. The standard InChI is InChI=1S/C13H8F5NO3S/c14-8-4-5-12(11(15)6-8)23(20,21)19-9-2-1-3-10(7-9)22-13(16,17)18/h1-7,19H. The molecule has 0 amide bonds. The number of sulfonamides is 1. The Morgan fingerprint density at radius 2 is 1.70 bits per heavy atom. The van der Waals surface area contributed by atoms with Crippen LogP contribution in [0.2, 0.25) is 0 Å². The molecule has 2 rings (SSSR count). The van der Waals surface area contributed by atoms with E-state index >= 15 is 0 Å². The normalized spacial score (nSPS) is 12.0. The fourth-order valence-electron chi connectivity index (χ4n) is 1.66. The maximum atomic E-state index is 13.5. The third-order valence-electron chi connectivity index (χ3n) is 2.50. The number of benzene rings is 2. The van der Waals surface area contributed by atoms with E-state index in [9.17, 15) is 30.4 Å². The summed E-state index contributed by atoms with van der Waals surface area (Å²) >= 11 is 0. The van der Waals surface area contributed by atoms with Crippen LogP contribution in [0.1, 0.15) is 0 Å². The molecule has 2 aromatic rings. The summed E-state index contributed by atoms with van der Waals surface area (Å²) in [6.07, 6.45) is -4.94. The largest absolute Gasteiger partial charge is 0.573 e. The van der Waals surface area contributed by atoms with Gasteiger partial charge in [-0.1, -0.05) is 6.07 Å². The van der Waals surface area contributed by atoms with Gasteiger partial charge in [-0.2, -0.15) is 0 Å². The smallest absolute Gasteiger partial charge is 0.406 e. The van der Waals surface area contributed by atoms with Crippen LogP contribution >= 0.6 is 0 Å². The highest BCUT2D eigenvalue weighted by molar-refractivity contribution is 7.92. The minimum Gasteiger partial charge on any atom is -0.406 e. The third-order valence-corrected chi connectivity index (χ3v) is 3.92. The Morgan fingerprint density at radius 3 is 2.30 bits per heavy atom. The van der Waals surface area contributed by atoms with Crippen molar-refractivity contribution in [3.63, 3.8) is 0 Å². The third kappa shape index (κ3) is 4.55. The monoisotopic (exact) mass is 353 g/mol. The summed E-state index contributed by atoms with van der Waals surface area (Å²) < 4.78 is 92.2. The molecule has 2 aromatic carbocycles. The second-order valence-corrected chi connectivity index (χ2v) is 5.91. The first-order valence-electron chi connectivity index (χ1n) is 5.90. The molecule has 0 aliphatic rings. The SMILES string of the molecule is O=S(=O)(Nc1cccc(OC(F)(F)F)c1)c1ccc(F)cc1F. The van der Waals surface area contributed by atoms with Crippen molar-refractivity contribution in [3.05, 3.63) is 54.1 Å². The molecule has 0 bridgehead atoms. The fourth-order valence-corrected chi connectivity index (χ4v) is 2.77. The lowest BCUT2D eigenvalue weighted by Gasteiger charge is -2.12. The van der Waals surface area contributed by atoms with Crippen molar-refractivity contribution in [1.29, 1.82) is 0 Å². The molecule has 0 atom stereocenters. The highest BCUT2D eigenvalue weighted by Crippen LogP contribution is 2.26. The summed E-state index contributed by atoms with van der Waals surface area (Å²) in [5.41, 5.74) is -0.282. The van der Waals surface area contributed by atoms with Gasteiger partial charge in [0.2, 0.25) is 0 Å². The zero-order valence-electron chi connectivity index (χ0n) is 11.1. The van der Waals surface area contributed by atoms with Gasteiger partial charge in [0.1, 0.15) is 22.3 Å². The second-order valence-electron chi connectivity index (χ2n) is 4.26. The zero-order chi connectivity index (χ0) is 17.3. The molecule has 0 radical (unpaired) electrons. The minimum absolute atomic E-state index is 0.282. The van der Waals surface area contributed by atoms with Gasteiger partial charge < -0.3 is 4.74 Å². The summed E-state index contributed by atoms with van der Waals surface area (Å²) in [5.74, 6) is -2.96. The average Bonchev–Trinajstić information content (AvgIpc) is 2.35. The molecule has 0 aromatic heterocycles. The quantitative estimate of drug-likeness (QED) is 0.854. The summed E-state index contributed by atoms with van der Waals surface area (Å²) in [6, 6.07) is 5.79. The molecule has 0 unspecified atom stereocenters. The molecule has 1 N–H and O–H groups in total. The van der Waals surface area contributed by atoms with Crippen LogP contribution in [0.25, 0.3) is 0 Å². The van der Waals surface area contributed by atoms with Crippen LogP contribution in [0.5, 0.6) is 5.75 Å². The number of ether oxygens (including phenoxy) is 1. The second kappa shape index (κ2) is 6.03. The first-order chi connectivity index (χ1) is 10.6. The van der Waals surface area contributed by atoms with E-state index in [0.717, 1.165) is 30.3 Å². The molecule has 0 aliphatic carbocycles. The predicted octanol–water partition coefficient (Wildman–Crippen LogP) is 3.66. The molecular weight excluding hydrogens is 345 g/mol. The van der Waals surface area contributed by atoms with Crippen LogP contribution in [0, 0.1) is 11.6 Å². The van der Waals surface area contributed by atoms with Crippen LogP contribution in [-0.2, 0) is 10.0 Å². The van der Waals surface area contributed by atoms with Crippen LogP contribution in [-0.4, -0.2) is 14.8 Å². The number of alkyl halides is 3. The van der Waals surface area contributed by atoms with E-state index < -0.39 is 38.7 Å². The van der Waals surface area contributed by atoms with Gasteiger partial charge in [-0.25, -0.2) is 17.2 Å². The molecular formula is C13H8F5NO3S. The Labute approximate surface area is 127 Å². The molecule has 0 spiro atoms. The van der Waals surface area contributed by atoms with Gasteiger partial charge in [0.15, 0.2) is 0 Å².